The molecule has 0 amide bonds. The average Bonchev–Trinajstić information content (AvgIpc) is 2.99. The summed E-state index contributed by atoms with van der Waals surface area (Å²) >= 11 is 5.37. The minimum atomic E-state index is 0.292. The smallest absolute Gasteiger partial charge is 0.170 e. The predicted molar refractivity (Wildman–Crippen MR) is 96.4 cm³/mol. The Morgan fingerprint density at radius 2 is 1.86 bits per heavy atom. The highest BCUT2D eigenvalue weighted by atomic mass is 32.1. The SMILES string of the molecule is CC(C)c1ccc(NC(=S)N[C@@H](C)CCc2ccco2)cc1. The summed E-state index contributed by atoms with van der Waals surface area (Å²) in [5.74, 6) is 1.55. The van der Waals surface area contributed by atoms with Crippen LogP contribution >= 0.6 is 12.2 Å². The maximum atomic E-state index is 5.37. The first-order valence-corrected chi connectivity index (χ1v) is 8.15. The van der Waals surface area contributed by atoms with Crippen LogP contribution in [0.25, 0.3) is 0 Å². The molecule has 1 atom stereocenters. The number of furan rings is 1. The first-order valence-electron chi connectivity index (χ1n) is 7.74. The topological polar surface area (TPSA) is 37.2 Å². The molecule has 1 aromatic heterocycles. The lowest BCUT2D eigenvalue weighted by Crippen LogP contribution is -2.36. The van der Waals surface area contributed by atoms with E-state index in [1.807, 2.05) is 12.1 Å². The Bertz CT molecular complexity index is 576. The van der Waals surface area contributed by atoms with Crippen LogP contribution in [0.3, 0.4) is 0 Å². The van der Waals surface area contributed by atoms with Crippen molar-refractivity contribution in [3.8, 4) is 0 Å². The van der Waals surface area contributed by atoms with E-state index < -0.39 is 0 Å². The molecule has 2 rings (SSSR count). The molecule has 1 heterocycles. The molecule has 0 aliphatic heterocycles. The standard InChI is InChI=1S/C18H24N2OS/c1-13(2)15-7-9-16(10-8-15)20-18(22)19-14(3)6-11-17-5-4-12-21-17/h4-5,7-10,12-14H,6,11H2,1-3H3,(H2,19,20,22)/t14-/m0/s1. The number of anilines is 1. The predicted octanol–water partition coefficient (Wildman–Crippen LogP) is 4.71. The van der Waals surface area contributed by atoms with Crippen LogP contribution in [-0.4, -0.2) is 11.2 Å². The van der Waals surface area contributed by atoms with Crippen LogP contribution in [0.1, 0.15) is 44.4 Å². The third kappa shape index (κ3) is 5.19. The second-order valence-electron chi connectivity index (χ2n) is 5.89. The van der Waals surface area contributed by atoms with Gasteiger partial charge in [-0.1, -0.05) is 26.0 Å². The van der Waals surface area contributed by atoms with Crippen LogP contribution in [-0.2, 0) is 6.42 Å². The lowest BCUT2D eigenvalue weighted by molar-refractivity contribution is 0.483. The van der Waals surface area contributed by atoms with Gasteiger partial charge in [0, 0.05) is 18.2 Å². The van der Waals surface area contributed by atoms with Gasteiger partial charge in [-0.2, -0.15) is 0 Å². The van der Waals surface area contributed by atoms with Crippen molar-refractivity contribution in [3.05, 3.63) is 54.0 Å². The van der Waals surface area contributed by atoms with Crippen LogP contribution in [0.5, 0.6) is 0 Å². The summed E-state index contributed by atoms with van der Waals surface area (Å²) in [4.78, 5) is 0. The summed E-state index contributed by atoms with van der Waals surface area (Å²) in [6, 6.07) is 12.6. The molecule has 0 saturated carbocycles. The average molecular weight is 316 g/mol. The maximum Gasteiger partial charge on any atom is 0.170 e. The molecular weight excluding hydrogens is 292 g/mol. The Morgan fingerprint density at radius 1 is 1.14 bits per heavy atom. The number of benzene rings is 1. The van der Waals surface area contributed by atoms with E-state index in [9.17, 15) is 0 Å². The molecule has 0 bridgehead atoms. The lowest BCUT2D eigenvalue weighted by Gasteiger charge is -2.17. The second-order valence-corrected chi connectivity index (χ2v) is 6.30. The number of rotatable bonds is 6. The van der Waals surface area contributed by atoms with E-state index in [1.165, 1.54) is 5.56 Å². The van der Waals surface area contributed by atoms with Gasteiger partial charge >= 0.3 is 0 Å². The summed E-state index contributed by atoms with van der Waals surface area (Å²) in [7, 11) is 0. The number of aryl methyl sites for hydroxylation is 1. The molecule has 2 aromatic rings. The first kappa shape index (κ1) is 16.6. The van der Waals surface area contributed by atoms with Crippen molar-refractivity contribution in [3.63, 3.8) is 0 Å². The van der Waals surface area contributed by atoms with E-state index in [1.54, 1.807) is 6.26 Å². The van der Waals surface area contributed by atoms with Crippen molar-refractivity contribution in [2.45, 2.75) is 45.6 Å². The van der Waals surface area contributed by atoms with Gasteiger partial charge in [0.1, 0.15) is 5.76 Å². The minimum absolute atomic E-state index is 0.292. The number of hydrogen-bond donors (Lipinski definition) is 2. The Kier molecular flexibility index (Phi) is 6.01. The van der Waals surface area contributed by atoms with E-state index in [2.05, 4.69) is 55.7 Å². The highest BCUT2D eigenvalue weighted by molar-refractivity contribution is 7.80. The summed E-state index contributed by atoms with van der Waals surface area (Å²) in [5, 5.41) is 7.19. The van der Waals surface area contributed by atoms with Gasteiger partial charge in [0.2, 0.25) is 0 Å². The number of hydrogen-bond acceptors (Lipinski definition) is 2. The van der Waals surface area contributed by atoms with Gasteiger partial charge in [0.15, 0.2) is 5.11 Å². The van der Waals surface area contributed by atoms with Crippen LogP contribution in [0.4, 0.5) is 5.69 Å². The summed E-state index contributed by atoms with van der Waals surface area (Å²) in [6.45, 7) is 6.50. The van der Waals surface area contributed by atoms with Gasteiger partial charge in [-0.15, -0.1) is 0 Å². The van der Waals surface area contributed by atoms with Crippen molar-refractivity contribution in [1.82, 2.24) is 5.32 Å². The fourth-order valence-corrected chi connectivity index (χ4v) is 2.55. The summed E-state index contributed by atoms with van der Waals surface area (Å²) < 4.78 is 5.34. The Labute approximate surface area is 138 Å². The van der Waals surface area contributed by atoms with Crippen molar-refractivity contribution >= 4 is 23.0 Å². The van der Waals surface area contributed by atoms with Crippen molar-refractivity contribution in [1.29, 1.82) is 0 Å². The highest BCUT2D eigenvalue weighted by Crippen LogP contribution is 2.17. The molecule has 2 N–H and O–H groups in total. The third-order valence-electron chi connectivity index (χ3n) is 3.62. The Balaban J connectivity index is 1.76. The molecule has 4 heteroatoms. The molecule has 0 aliphatic carbocycles. The van der Waals surface area contributed by atoms with Gasteiger partial charge in [-0.3, -0.25) is 0 Å². The summed E-state index contributed by atoms with van der Waals surface area (Å²) in [6.07, 6.45) is 3.59. The first-order chi connectivity index (χ1) is 10.5. The van der Waals surface area contributed by atoms with Crippen molar-refractivity contribution in [2.75, 3.05) is 5.32 Å². The Morgan fingerprint density at radius 3 is 2.45 bits per heavy atom. The fourth-order valence-electron chi connectivity index (χ4n) is 2.23. The maximum absolute atomic E-state index is 5.37. The molecular formula is C18H24N2OS. The lowest BCUT2D eigenvalue weighted by atomic mass is 10.0. The van der Waals surface area contributed by atoms with Gasteiger partial charge in [0.25, 0.3) is 0 Å². The molecule has 118 valence electrons. The van der Waals surface area contributed by atoms with E-state index in [0.717, 1.165) is 24.3 Å². The molecule has 0 fully saturated rings. The van der Waals surface area contributed by atoms with Gasteiger partial charge in [-0.25, -0.2) is 0 Å². The molecule has 0 saturated heterocycles. The second kappa shape index (κ2) is 7.99. The fraction of sp³-hybridized carbons (Fsp3) is 0.389. The minimum Gasteiger partial charge on any atom is -0.469 e. The molecule has 0 radical (unpaired) electrons. The van der Waals surface area contributed by atoms with Gasteiger partial charge in [0.05, 0.1) is 6.26 Å². The molecule has 22 heavy (non-hydrogen) atoms. The molecule has 0 spiro atoms. The molecule has 1 aromatic carbocycles. The number of nitrogens with one attached hydrogen (secondary N) is 2. The summed E-state index contributed by atoms with van der Waals surface area (Å²) in [5.41, 5.74) is 2.34. The zero-order valence-electron chi connectivity index (χ0n) is 13.4. The van der Waals surface area contributed by atoms with E-state index in [4.69, 9.17) is 16.6 Å². The van der Waals surface area contributed by atoms with E-state index >= 15 is 0 Å². The van der Waals surface area contributed by atoms with E-state index in [-0.39, 0.29) is 0 Å². The molecule has 0 unspecified atom stereocenters. The molecule has 3 nitrogen and oxygen atoms in total. The van der Waals surface area contributed by atoms with Crippen molar-refractivity contribution in [2.24, 2.45) is 0 Å². The van der Waals surface area contributed by atoms with E-state index in [0.29, 0.717) is 17.1 Å². The van der Waals surface area contributed by atoms with Crippen LogP contribution in [0.2, 0.25) is 0 Å². The Hall–Kier alpha value is -1.81. The van der Waals surface area contributed by atoms with Crippen molar-refractivity contribution < 1.29 is 4.42 Å². The zero-order chi connectivity index (χ0) is 15.9. The normalized spacial score (nSPS) is 12.2. The van der Waals surface area contributed by atoms with Crippen LogP contribution < -0.4 is 10.6 Å². The molecule has 0 aliphatic rings. The third-order valence-corrected chi connectivity index (χ3v) is 3.84. The zero-order valence-corrected chi connectivity index (χ0v) is 14.2. The largest absolute Gasteiger partial charge is 0.469 e. The van der Waals surface area contributed by atoms with Gasteiger partial charge in [-0.05, 0) is 61.3 Å². The highest BCUT2D eigenvalue weighted by Gasteiger charge is 2.06. The quantitative estimate of drug-likeness (QED) is 0.757. The van der Waals surface area contributed by atoms with Crippen LogP contribution in [0.15, 0.2) is 47.1 Å². The monoisotopic (exact) mass is 316 g/mol. The van der Waals surface area contributed by atoms with Crippen LogP contribution in [0, 0.1) is 0 Å². The van der Waals surface area contributed by atoms with Gasteiger partial charge < -0.3 is 15.1 Å². The number of thiocarbonyl (C=S) groups is 1.